The van der Waals surface area contributed by atoms with Crippen LogP contribution < -0.4 is 0 Å². The molecule has 1 fully saturated rings. The summed E-state index contributed by atoms with van der Waals surface area (Å²) in [7, 11) is 0. The van der Waals surface area contributed by atoms with Crippen molar-refractivity contribution in [2.24, 2.45) is 0 Å². The molecule has 0 N–H and O–H groups in total. The minimum atomic E-state index is 0.269. The van der Waals surface area contributed by atoms with Crippen molar-refractivity contribution in [3.63, 3.8) is 0 Å². The van der Waals surface area contributed by atoms with Gasteiger partial charge in [-0.2, -0.15) is 0 Å². The maximum absolute atomic E-state index is 12.7. The molecule has 0 bridgehead atoms. The molecule has 1 aliphatic carbocycles. The largest absolute Gasteiger partial charge is 0.334 e. The Balaban J connectivity index is 1.80. The molecule has 2 aliphatic rings. The first-order valence-electron chi connectivity index (χ1n) is 7.28. The molecular weight excluding hydrogens is 322 g/mol. The van der Waals surface area contributed by atoms with Gasteiger partial charge >= 0.3 is 0 Å². The Kier molecular flexibility index (Phi) is 4.27. The number of carbonyl (C=O) groups excluding carboxylic acids is 1. The highest BCUT2D eigenvalue weighted by molar-refractivity contribution is 9.09. The monoisotopic (exact) mass is 341 g/mol. The van der Waals surface area contributed by atoms with E-state index in [1.807, 2.05) is 0 Å². The van der Waals surface area contributed by atoms with E-state index in [-0.39, 0.29) is 5.91 Å². The Morgan fingerprint density at radius 3 is 3.00 bits per heavy atom. The van der Waals surface area contributed by atoms with E-state index in [1.54, 1.807) is 11.3 Å². The van der Waals surface area contributed by atoms with Crippen LogP contribution in [0.25, 0.3) is 0 Å². The molecule has 3 rings (SSSR count). The van der Waals surface area contributed by atoms with Crippen LogP contribution in [0.15, 0.2) is 6.07 Å². The van der Waals surface area contributed by atoms with Crippen LogP contribution >= 0.6 is 27.3 Å². The smallest absolute Gasteiger partial charge is 0.264 e. The van der Waals surface area contributed by atoms with Crippen molar-refractivity contribution in [2.45, 2.75) is 51.0 Å². The van der Waals surface area contributed by atoms with Gasteiger partial charge in [-0.3, -0.25) is 4.79 Å². The fourth-order valence-corrected chi connectivity index (χ4v) is 5.06. The lowest BCUT2D eigenvalue weighted by Crippen LogP contribution is -2.40. The molecule has 104 valence electrons. The molecule has 1 aromatic heterocycles. The molecule has 1 aliphatic heterocycles. The lowest BCUT2D eigenvalue weighted by Gasteiger charge is -2.28. The number of alkyl halides is 1. The first-order valence-corrected chi connectivity index (χ1v) is 9.22. The highest BCUT2D eigenvalue weighted by atomic mass is 79.9. The van der Waals surface area contributed by atoms with Crippen LogP contribution in [0.1, 0.15) is 52.2 Å². The van der Waals surface area contributed by atoms with E-state index in [1.165, 1.54) is 42.5 Å². The average molecular weight is 342 g/mol. The Hall–Kier alpha value is -0.350. The highest BCUT2D eigenvalue weighted by Crippen LogP contribution is 2.32. The second-order valence-corrected chi connectivity index (χ2v) is 7.35. The summed E-state index contributed by atoms with van der Waals surface area (Å²) >= 11 is 5.32. The minimum Gasteiger partial charge on any atom is -0.334 e. The third-order valence-corrected chi connectivity index (χ3v) is 6.25. The van der Waals surface area contributed by atoms with Crippen LogP contribution in [-0.4, -0.2) is 28.7 Å². The molecule has 0 saturated carbocycles. The molecule has 1 unspecified atom stereocenters. The van der Waals surface area contributed by atoms with Crippen LogP contribution in [0.2, 0.25) is 0 Å². The predicted octanol–water partition coefficient (Wildman–Crippen LogP) is 4.02. The van der Waals surface area contributed by atoms with E-state index in [4.69, 9.17) is 0 Å². The van der Waals surface area contributed by atoms with Gasteiger partial charge in [0.15, 0.2) is 0 Å². The van der Waals surface area contributed by atoms with E-state index >= 15 is 0 Å². The minimum absolute atomic E-state index is 0.269. The van der Waals surface area contributed by atoms with Crippen LogP contribution in [0.5, 0.6) is 0 Å². The molecule has 0 radical (unpaired) electrons. The van der Waals surface area contributed by atoms with Crippen LogP contribution in [0.4, 0.5) is 0 Å². The molecule has 2 heterocycles. The molecule has 1 atom stereocenters. The maximum Gasteiger partial charge on any atom is 0.264 e. The number of hydrogen-bond acceptors (Lipinski definition) is 2. The number of amides is 1. The van der Waals surface area contributed by atoms with Crippen molar-refractivity contribution in [3.8, 4) is 0 Å². The van der Waals surface area contributed by atoms with E-state index < -0.39 is 0 Å². The van der Waals surface area contributed by atoms with Gasteiger partial charge in [-0.05, 0) is 43.7 Å². The van der Waals surface area contributed by atoms with Crippen LogP contribution in [0.3, 0.4) is 0 Å². The molecule has 0 spiro atoms. The van der Waals surface area contributed by atoms with Gasteiger partial charge in [0, 0.05) is 22.8 Å². The number of aryl methyl sites for hydroxylation is 2. The summed E-state index contributed by atoms with van der Waals surface area (Å²) in [6.07, 6.45) is 8.41. The molecule has 1 amide bonds. The number of fused-ring (bicyclic) bond motifs is 1. The van der Waals surface area contributed by atoms with E-state index in [9.17, 15) is 4.79 Å². The molecule has 1 aromatic rings. The zero-order chi connectivity index (χ0) is 13.2. The summed E-state index contributed by atoms with van der Waals surface area (Å²) in [5.74, 6) is 0.269. The number of carbonyl (C=O) groups is 1. The van der Waals surface area contributed by atoms with Crippen molar-refractivity contribution < 1.29 is 4.79 Å². The van der Waals surface area contributed by atoms with Crippen molar-refractivity contribution in [1.82, 2.24) is 4.90 Å². The summed E-state index contributed by atoms with van der Waals surface area (Å²) in [6.45, 7) is 0.928. The van der Waals surface area contributed by atoms with Crippen molar-refractivity contribution in [2.75, 3.05) is 11.9 Å². The van der Waals surface area contributed by atoms with Gasteiger partial charge in [-0.15, -0.1) is 11.3 Å². The summed E-state index contributed by atoms with van der Waals surface area (Å²) in [4.78, 5) is 17.3. The fraction of sp³-hybridized carbons (Fsp3) is 0.667. The third-order valence-electron chi connectivity index (χ3n) is 4.27. The first-order chi connectivity index (χ1) is 9.29. The highest BCUT2D eigenvalue weighted by Gasteiger charge is 2.28. The van der Waals surface area contributed by atoms with Gasteiger partial charge in [0.2, 0.25) is 0 Å². The van der Waals surface area contributed by atoms with Gasteiger partial charge in [0.05, 0.1) is 4.88 Å². The number of likely N-dealkylation sites (tertiary alicyclic amines) is 1. The van der Waals surface area contributed by atoms with Gasteiger partial charge in [-0.25, -0.2) is 0 Å². The Bertz CT molecular complexity index is 449. The normalized spacial score (nSPS) is 23.2. The SMILES string of the molecule is O=C(c1cc2c(s1)CCC2)N1CCCCCC1CBr. The number of rotatable bonds is 2. The number of thiophene rings is 1. The number of nitrogens with zero attached hydrogens (tertiary/aromatic N) is 1. The van der Waals surface area contributed by atoms with Crippen molar-refractivity contribution in [3.05, 3.63) is 21.4 Å². The topological polar surface area (TPSA) is 20.3 Å². The molecule has 0 aromatic carbocycles. The molecule has 19 heavy (non-hydrogen) atoms. The molecule has 1 saturated heterocycles. The fourth-order valence-electron chi connectivity index (χ4n) is 3.18. The first kappa shape index (κ1) is 13.6. The number of hydrogen-bond donors (Lipinski definition) is 0. The van der Waals surface area contributed by atoms with E-state index in [0.717, 1.165) is 29.6 Å². The molecular formula is C15H20BrNOS. The third kappa shape index (κ3) is 2.75. The Morgan fingerprint density at radius 1 is 1.32 bits per heavy atom. The van der Waals surface area contributed by atoms with Crippen LogP contribution in [-0.2, 0) is 12.8 Å². The second-order valence-electron chi connectivity index (χ2n) is 5.57. The maximum atomic E-state index is 12.7. The average Bonchev–Trinajstić information content (AvgIpc) is 2.91. The van der Waals surface area contributed by atoms with Gasteiger partial charge in [0.25, 0.3) is 5.91 Å². The van der Waals surface area contributed by atoms with E-state index in [2.05, 4.69) is 26.9 Å². The quantitative estimate of drug-likeness (QED) is 0.744. The van der Waals surface area contributed by atoms with Gasteiger partial charge in [0.1, 0.15) is 0 Å². The Morgan fingerprint density at radius 2 is 2.21 bits per heavy atom. The summed E-state index contributed by atoms with van der Waals surface area (Å²) in [5.41, 5.74) is 1.43. The molecule has 4 heteroatoms. The molecule has 2 nitrogen and oxygen atoms in total. The summed E-state index contributed by atoms with van der Waals surface area (Å²) in [5, 5.41) is 0.907. The zero-order valence-corrected chi connectivity index (χ0v) is 13.6. The van der Waals surface area contributed by atoms with Gasteiger partial charge in [-0.1, -0.05) is 28.8 Å². The van der Waals surface area contributed by atoms with Crippen LogP contribution in [0, 0.1) is 0 Å². The van der Waals surface area contributed by atoms with Gasteiger partial charge < -0.3 is 4.90 Å². The van der Waals surface area contributed by atoms with Crippen molar-refractivity contribution >= 4 is 33.2 Å². The lowest BCUT2D eigenvalue weighted by molar-refractivity contribution is 0.0707. The second kappa shape index (κ2) is 5.96. The summed E-state index contributed by atoms with van der Waals surface area (Å²) in [6, 6.07) is 2.54. The zero-order valence-electron chi connectivity index (χ0n) is 11.2. The van der Waals surface area contributed by atoms with Crippen molar-refractivity contribution in [1.29, 1.82) is 0 Å². The van der Waals surface area contributed by atoms with E-state index in [0.29, 0.717) is 6.04 Å². The predicted molar refractivity (Wildman–Crippen MR) is 83.4 cm³/mol. The number of halogens is 1. The Labute approximate surface area is 127 Å². The standard InChI is InChI=1S/C15H20BrNOS/c16-10-12-6-2-1-3-8-17(12)15(18)14-9-11-5-4-7-13(11)19-14/h9,12H,1-8,10H2. The lowest BCUT2D eigenvalue weighted by atomic mass is 10.1. The summed E-state index contributed by atoms with van der Waals surface area (Å²) < 4.78 is 0.